The number of hydrogen-bond acceptors (Lipinski definition) is 3. The molecule has 0 aromatic carbocycles. The van der Waals surface area contributed by atoms with E-state index in [2.05, 4.69) is 5.32 Å². The molecule has 0 aliphatic heterocycles. The highest BCUT2D eigenvalue weighted by Crippen LogP contribution is 3.02. The summed E-state index contributed by atoms with van der Waals surface area (Å²) in [6.07, 6.45) is -0.280. The van der Waals surface area contributed by atoms with Gasteiger partial charge in [0.25, 0.3) is 0 Å². The van der Waals surface area contributed by atoms with E-state index < -0.39 is 5.60 Å². The van der Waals surface area contributed by atoms with Crippen LogP contribution >= 0.6 is 0 Å². The first-order valence-electron chi connectivity index (χ1n) is 6.64. The zero-order valence-corrected chi connectivity index (χ0v) is 10.4. The highest BCUT2D eigenvalue weighted by molar-refractivity contribution is 5.75. The summed E-state index contributed by atoms with van der Waals surface area (Å²) in [6.45, 7) is 5.68. The van der Waals surface area contributed by atoms with Crippen LogP contribution in [0.1, 0.15) is 20.8 Å². The van der Waals surface area contributed by atoms with Gasteiger partial charge in [0.05, 0.1) is 5.54 Å². The number of nitrogens with one attached hydrogen (secondary N) is 1. The highest BCUT2D eigenvalue weighted by Gasteiger charge is 3.10. The first-order valence-corrected chi connectivity index (χ1v) is 6.64. The van der Waals surface area contributed by atoms with Crippen LogP contribution in [0.4, 0.5) is 4.79 Å². The molecule has 4 nitrogen and oxygen atoms in total. The van der Waals surface area contributed by atoms with Gasteiger partial charge in [0.1, 0.15) is 5.60 Å². The Morgan fingerprint density at radius 1 is 1.18 bits per heavy atom. The van der Waals surface area contributed by atoms with Gasteiger partial charge < -0.3 is 15.8 Å². The van der Waals surface area contributed by atoms with Gasteiger partial charge in [-0.05, 0) is 56.3 Å². The van der Waals surface area contributed by atoms with Crippen molar-refractivity contribution in [3.8, 4) is 0 Å². The third kappa shape index (κ3) is 0.540. The van der Waals surface area contributed by atoms with E-state index in [9.17, 15) is 4.79 Å². The molecule has 1 amide bonds. The molecule has 6 rings (SSSR count). The molecule has 0 radical (unpaired) electrons. The summed E-state index contributed by atoms with van der Waals surface area (Å²) >= 11 is 0. The maximum absolute atomic E-state index is 11.9. The molecule has 6 fully saturated rings. The Morgan fingerprint density at radius 3 is 2.18 bits per heavy atom. The maximum atomic E-state index is 11.9. The van der Waals surface area contributed by atoms with Gasteiger partial charge in [0.15, 0.2) is 0 Å². The lowest BCUT2D eigenvalue weighted by Gasteiger charge is -3.10. The summed E-state index contributed by atoms with van der Waals surface area (Å²) in [5.74, 6) is 4.71. The van der Waals surface area contributed by atoms with E-state index in [1.165, 1.54) is 0 Å². The first-order chi connectivity index (χ1) is 7.84. The Balaban J connectivity index is 1.37. The van der Waals surface area contributed by atoms with Gasteiger partial charge >= 0.3 is 6.09 Å². The zero-order valence-electron chi connectivity index (χ0n) is 10.4. The van der Waals surface area contributed by atoms with Crippen LogP contribution < -0.4 is 11.1 Å². The number of nitrogens with two attached hydrogens (primary N) is 1. The minimum absolute atomic E-state index is 0.0430. The standard InChI is InChI=1S/C13H18N2O2/c1-11(2,3)17-10(16)15-13-8-5-4-6(8)12(13,14)7(4)9(5)13/h4-9H,14H2,1-3H3,(H,15,16). The summed E-state index contributed by atoms with van der Waals surface area (Å²) in [6, 6.07) is 0. The summed E-state index contributed by atoms with van der Waals surface area (Å²) in [7, 11) is 0. The second-order valence-corrected chi connectivity index (χ2v) is 7.69. The lowest BCUT2D eigenvalue weighted by molar-refractivity contribution is -0.584. The predicted octanol–water partition coefficient (Wildman–Crippen LogP) is 0.713. The van der Waals surface area contributed by atoms with E-state index in [4.69, 9.17) is 10.5 Å². The molecule has 17 heavy (non-hydrogen) atoms. The summed E-state index contributed by atoms with van der Waals surface area (Å²) in [5.41, 5.74) is 5.94. The van der Waals surface area contributed by atoms with Crippen LogP contribution in [-0.4, -0.2) is 22.8 Å². The molecule has 0 aromatic rings. The van der Waals surface area contributed by atoms with Crippen molar-refractivity contribution in [2.24, 2.45) is 41.2 Å². The molecule has 0 bridgehead atoms. The fourth-order valence-electron chi connectivity index (χ4n) is 6.37. The molecule has 0 aromatic heterocycles. The number of carbonyl (C=O) groups excluding carboxylic acids is 1. The second kappa shape index (κ2) is 1.91. The Bertz CT molecular complexity index is 460. The molecule has 0 spiro atoms. The van der Waals surface area contributed by atoms with Gasteiger partial charge in [-0.15, -0.1) is 0 Å². The van der Waals surface area contributed by atoms with Gasteiger partial charge in [0.2, 0.25) is 0 Å². The van der Waals surface area contributed by atoms with E-state index in [0.29, 0.717) is 11.8 Å². The highest BCUT2D eigenvalue weighted by atomic mass is 16.6. The van der Waals surface area contributed by atoms with Crippen molar-refractivity contribution in [2.45, 2.75) is 37.5 Å². The van der Waals surface area contributed by atoms with Crippen molar-refractivity contribution in [1.82, 2.24) is 5.32 Å². The third-order valence-corrected chi connectivity index (χ3v) is 6.46. The van der Waals surface area contributed by atoms with Crippen LogP contribution in [0.3, 0.4) is 0 Å². The van der Waals surface area contributed by atoms with Gasteiger partial charge in [-0.3, -0.25) is 0 Å². The Kier molecular flexibility index (Phi) is 1.03. The van der Waals surface area contributed by atoms with Crippen LogP contribution in [0.5, 0.6) is 0 Å². The van der Waals surface area contributed by atoms with Crippen molar-refractivity contribution in [2.75, 3.05) is 0 Å². The third-order valence-electron chi connectivity index (χ3n) is 6.46. The van der Waals surface area contributed by atoms with Gasteiger partial charge in [-0.2, -0.15) is 0 Å². The number of hydrogen-bond donors (Lipinski definition) is 2. The average Bonchev–Trinajstić information content (AvgIpc) is 2.15. The molecule has 4 heteroatoms. The van der Waals surface area contributed by atoms with E-state index >= 15 is 0 Å². The van der Waals surface area contributed by atoms with Crippen LogP contribution in [0.25, 0.3) is 0 Å². The lowest BCUT2D eigenvalue weighted by atomic mass is 8.96. The Hall–Kier alpha value is -0.770. The topological polar surface area (TPSA) is 64.3 Å². The molecule has 4 unspecified atom stereocenters. The maximum Gasteiger partial charge on any atom is 0.408 e. The monoisotopic (exact) mass is 234 g/mol. The molecule has 4 atom stereocenters. The number of carbonyl (C=O) groups is 1. The fourth-order valence-corrected chi connectivity index (χ4v) is 6.37. The van der Waals surface area contributed by atoms with E-state index in [1.54, 1.807) is 0 Å². The summed E-state index contributed by atoms with van der Waals surface area (Å²) < 4.78 is 5.36. The van der Waals surface area contributed by atoms with E-state index in [-0.39, 0.29) is 17.2 Å². The molecular formula is C13H18N2O2. The van der Waals surface area contributed by atoms with Crippen molar-refractivity contribution in [3.05, 3.63) is 0 Å². The molecule has 92 valence electrons. The lowest BCUT2D eigenvalue weighted by Crippen LogP contribution is -3.21. The first kappa shape index (κ1) is 9.20. The van der Waals surface area contributed by atoms with Crippen molar-refractivity contribution in [3.63, 3.8) is 0 Å². The predicted molar refractivity (Wildman–Crippen MR) is 60.0 cm³/mol. The van der Waals surface area contributed by atoms with Gasteiger partial charge in [-0.1, -0.05) is 0 Å². The largest absolute Gasteiger partial charge is 0.444 e. The summed E-state index contributed by atoms with van der Waals surface area (Å²) in [5, 5.41) is 3.12. The van der Waals surface area contributed by atoms with Crippen molar-refractivity contribution in [1.29, 1.82) is 0 Å². The molecule has 6 saturated carbocycles. The van der Waals surface area contributed by atoms with Crippen LogP contribution in [-0.2, 0) is 4.74 Å². The Labute approximate surface area is 100 Å². The van der Waals surface area contributed by atoms with Crippen LogP contribution in [0.15, 0.2) is 0 Å². The van der Waals surface area contributed by atoms with E-state index in [0.717, 1.165) is 23.7 Å². The number of alkyl carbamates (subject to hydrolysis) is 1. The average molecular weight is 234 g/mol. The summed E-state index contributed by atoms with van der Waals surface area (Å²) in [4.78, 5) is 11.9. The minimum atomic E-state index is -0.426. The Morgan fingerprint density at radius 2 is 1.71 bits per heavy atom. The molecule has 6 aliphatic rings. The zero-order chi connectivity index (χ0) is 12.0. The van der Waals surface area contributed by atoms with Crippen molar-refractivity contribution < 1.29 is 9.53 Å². The van der Waals surface area contributed by atoms with Crippen LogP contribution in [0, 0.1) is 35.5 Å². The normalized spacial score (nSPS) is 66.4. The smallest absolute Gasteiger partial charge is 0.408 e. The van der Waals surface area contributed by atoms with Crippen molar-refractivity contribution >= 4 is 6.09 Å². The molecule has 0 heterocycles. The number of ether oxygens (including phenoxy) is 1. The number of rotatable bonds is 1. The molecular weight excluding hydrogens is 216 g/mol. The molecule has 6 aliphatic carbocycles. The van der Waals surface area contributed by atoms with Gasteiger partial charge in [0, 0.05) is 5.54 Å². The SMILES string of the molecule is CC(C)(C)OC(=O)NC12C3C4C5C3C1(N)C5C42. The quantitative estimate of drug-likeness (QED) is 0.702. The van der Waals surface area contributed by atoms with Crippen LogP contribution in [0.2, 0.25) is 0 Å². The second-order valence-electron chi connectivity index (χ2n) is 7.69. The van der Waals surface area contributed by atoms with E-state index in [1.807, 2.05) is 20.8 Å². The van der Waals surface area contributed by atoms with Gasteiger partial charge in [-0.25, -0.2) is 4.79 Å². The number of amides is 1. The fraction of sp³-hybridized carbons (Fsp3) is 0.923. The minimum Gasteiger partial charge on any atom is -0.444 e. The molecule has 0 saturated heterocycles. The molecule has 3 N–H and O–H groups in total.